The first kappa shape index (κ1) is 10.0. The highest BCUT2D eigenvalue weighted by atomic mass is 16.2. The zero-order valence-electron chi connectivity index (χ0n) is 8.42. The van der Waals surface area contributed by atoms with Gasteiger partial charge in [-0.3, -0.25) is 4.79 Å². The summed E-state index contributed by atoms with van der Waals surface area (Å²) in [5.41, 5.74) is -0.177. The molecule has 1 unspecified atom stereocenters. The molecule has 1 N–H and O–H groups in total. The van der Waals surface area contributed by atoms with Gasteiger partial charge in [0.05, 0.1) is 6.07 Å². The van der Waals surface area contributed by atoms with Crippen molar-refractivity contribution in [2.75, 3.05) is 0 Å². The topological polar surface area (TPSA) is 52.9 Å². The molecule has 0 aliphatic heterocycles. The van der Waals surface area contributed by atoms with Crippen molar-refractivity contribution in [2.45, 2.75) is 39.7 Å². The van der Waals surface area contributed by atoms with Crippen LogP contribution in [0.4, 0.5) is 0 Å². The molecule has 13 heavy (non-hydrogen) atoms. The predicted octanol–water partition coefficient (Wildman–Crippen LogP) is 1.45. The third kappa shape index (κ3) is 2.21. The Morgan fingerprint density at radius 3 is 2.38 bits per heavy atom. The summed E-state index contributed by atoms with van der Waals surface area (Å²) in [6, 6.07) is 1.76. The van der Waals surface area contributed by atoms with Gasteiger partial charge in [-0.1, -0.05) is 20.8 Å². The van der Waals surface area contributed by atoms with Crippen LogP contribution in [0.15, 0.2) is 0 Å². The molecule has 3 nitrogen and oxygen atoms in total. The molecule has 0 aromatic heterocycles. The summed E-state index contributed by atoms with van der Waals surface area (Å²) in [6.07, 6.45) is 1.91. The monoisotopic (exact) mass is 180 g/mol. The van der Waals surface area contributed by atoms with E-state index in [0.717, 1.165) is 12.8 Å². The molecule has 1 atom stereocenters. The first-order valence-corrected chi connectivity index (χ1v) is 4.70. The average Bonchev–Trinajstić information content (AvgIpc) is 2.79. The Morgan fingerprint density at radius 1 is 1.54 bits per heavy atom. The lowest BCUT2D eigenvalue weighted by Crippen LogP contribution is -2.40. The molecule has 0 bridgehead atoms. The van der Waals surface area contributed by atoms with E-state index in [2.05, 4.69) is 11.4 Å². The Labute approximate surface area is 79.1 Å². The quantitative estimate of drug-likeness (QED) is 0.714. The minimum Gasteiger partial charge on any atom is -0.340 e. The van der Waals surface area contributed by atoms with Crippen LogP contribution < -0.4 is 5.32 Å². The van der Waals surface area contributed by atoms with Crippen molar-refractivity contribution in [2.24, 2.45) is 11.3 Å². The number of rotatable bonds is 3. The second-order valence-electron chi connectivity index (χ2n) is 4.38. The van der Waals surface area contributed by atoms with Crippen LogP contribution >= 0.6 is 0 Å². The number of amides is 1. The maximum Gasteiger partial charge on any atom is 0.226 e. The Balaban J connectivity index is 2.48. The fourth-order valence-corrected chi connectivity index (χ4v) is 1.08. The molecule has 0 aromatic rings. The third-order valence-corrected chi connectivity index (χ3v) is 2.64. The van der Waals surface area contributed by atoms with Gasteiger partial charge in [0, 0.05) is 5.41 Å². The van der Waals surface area contributed by atoms with Crippen LogP contribution in [0, 0.1) is 22.7 Å². The first-order chi connectivity index (χ1) is 5.99. The standard InChI is InChI=1S/C10H16N2O/c1-7(2)8(6-11)12-9(13)10(3)4-5-10/h7-8H,4-5H2,1-3H3,(H,12,13). The van der Waals surface area contributed by atoms with E-state index in [0.29, 0.717) is 0 Å². The van der Waals surface area contributed by atoms with E-state index in [4.69, 9.17) is 5.26 Å². The highest BCUT2D eigenvalue weighted by molar-refractivity contribution is 5.85. The Hall–Kier alpha value is -1.04. The van der Waals surface area contributed by atoms with Crippen LogP contribution in [0.5, 0.6) is 0 Å². The molecule has 1 amide bonds. The average molecular weight is 180 g/mol. The summed E-state index contributed by atoms with van der Waals surface area (Å²) in [7, 11) is 0. The number of nitrogens with one attached hydrogen (secondary N) is 1. The fraction of sp³-hybridized carbons (Fsp3) is 0.800. The van der Waals surface area contributed by atoms with Gasteiger partial charge in [-0.2, -0.15) is 5.26 Å². The highest BCUT2D eigenvalue weighted by Gasteiger charge is 2.45. The lowest BCUT2D eigenvalue weighted by atomic mass is 10.0. The van der Waals surface area contributed by atoms with Gasteiger partial charge in [-0.25, -0.2) is 0 Å². The van der Waals surface area contributed by atoms with Crippen LogP contribution in [-0.4, -0.2) is 11.9 Å². The van der Waals surface area contributed by atoms with Crippen molar-refractivity contribution in [1.82, 2.24) is 5.32 Å². The van der Waals surface area contributed by atoms with Gasteiger partial charge in [0.2, 0.25) is 5.91 Å². The van der Waals surface area contributed by atoms with Gasteiger partial charge in [-0.15, -0.1) is 0 Å². The van der Waals surface area contributed by atoms with Crippen molar-refractivity contribution in [3.05, 3.63) is 0 Å². The molecule has 1 aliphatic rings. The first-order valence-electron chi connectivity index (χ1n) is 4.70. The molecule has 0 heterocycles. The molecule has 0 aromatic carbocycles. The number of carbonyl (C=O) groups is 1. The van der Waals surface area contributed by atoms with E-state index < -0.39 is 0 Å². The smallest absolute Gasteiger partial charge is 0.226 e. The molecule has 72 valence electrons. The van der Waals surface area contributed by atoms with Crippen molar-refractivity contribution < 1.29 is 4.79 Å². The van der Waals surface area contributed by atoms with Crippen LogP contribution in [0.1, 0.15) is 33.6 Å². The van der Waals surface area contributed by atoms with Crippen molar-refractivity contribution in [3.8, 4) is 6.07 Å². The van der Waals surface area contributed by atoms with Gasteiger partial charge in [0.25, 0.3) is 0 Å². The summed E-state index contributed by atoms with van der Waals surface area (Å²) in [6.45, 7) is 5.81. The maximum absolute atomic E-state index is 11.5. The molecule has 1 rings (SSSR count). The summed E-state index contributed by atoms with van der Waals surface area (Å²) >= 11 is 0. The SMILES string of the molecule is CC(C)C(C#N)NC(=O)C1(C)CC1. The lowest BCUT2D eigenvalue weighted by molar-refractivity contribution is -0.126. The summed E-state index contributed by atoms with van der Waals surface area (Å²) in [4.78, 5) is 11.5. The molecular formula is C10H16N2O. The van der Waals surface area contributed by atoms with Crippen molar-refractivity contribution in [3.63, 3.8) is 0 Å². The number of hydrogen-bond donors (Lipinski definition) is 1. The fourth-order valence-electron chi connectivity index (χ4n) is 1.08. The largest absolute Gasteiger partial charge is 0.340 e. The van der Waals surface area contributed by atoms with Gasteiger partial charge >= 0.3 is 0 Å². The van der Waals surface area contributed by atoms with E-state index in [-0.39, 0.29) is 23.3 Å². The molecule has 1 saturated carbocycles. The van der Waals surface area contributed by atoms with E-state index in [1.165, 1.54) is 0 Å². The third-order valence-electron chi connectivity index (χ3n) is 2.64. The highest BCUT2D eigenvalue weighted by Crippen LogP contribution is 2.45. The lowest BCUT2D eigenvalue weighted by Gasteiger charge is -2.17. The van der Waals surface area contributed by atoms with E-state index in [1.54, 1.807) is 0 Å². The van der Waals surface area contributed by atoms with Crippen molar-refractivity contribution in [1.29, 1.82) is 5.26 Å². The normalized spacial score (nSPS) is 20.5. The summed E-state index contributed by atoms with van der Waals surface area (Å²) < 4.78 is 0. The number of nitriles is 1. The summed E-state index contributed by atoms with van der Waals surface area (Å²) in [5.74, 6) is 0.212. The zero-order chi connectivity index (χ0) is 10.1. The van der Waals surface area contributed by atoms with Crippen LogP contribution in [0.3, 0.4) is 0 Å². The number of nitrogens with zero attached hydrogens (tertiary/aromatic N) is 1. The van der Waals surface area contributed by atoms with Gasteiger partial charge in [0.15, 0.2) is 0 Å². The summed E-state index contributed by atoms with van der Waals surface area (Å²) in [5, 5.41) is 11.5. The maximum atomic E-state index is 11.5. The van der Waals surface area contributed by atoms with Gasteiger partial charge < -0.3 is 5.32 Å². The molecule has 0 radical (unpaired) electrons. The Kier molecular flexibility index (Phi) is 2.60. The van der Waals surface area contributed by atoms with E-state index in [1.807, 2.05) is 20.8 Å². The second kappa shape index (κ2) is 3.37. The Morgan fingerprint density at radius 2 is 2.08 bits per heavy atom. The number of carbonyl (C=O) groups excluding carboxylic acids is 1. The zero-order valence-corrected chi connectivity index (χ0v) is 8.42. The molecule has 1 aliphatic carbocycles. The van der Waals surface area contributed by atoms with Crippen LogP contribution in [0.2, 0.25) is 0 Å². The van der Waals surface area contributed by atoms with Crippen molar-refractivity contribution >= 4 is 5.91 Å². The van der Waals surface area contributed by atoms with Crippen LogP contribution in [-0.2, 0) is 4.79 Å². The Bertz CT molecular complexity index is 248. The number of hydrogen-bond acceptors (Lipinski definition) is 2. The van der Waals surface area contributed by atoms with Gasteiger partial charge in [0.1, 0.15) is 6.04 Å². The minimum atomic E-state index is -0.343. The molecule has 0 spiro atoms. The second-order valence-corrected chi connectivity index (χ2v) is 4.38. The minimum absolute atomic E-state index is 0.0350. The molecule has 0 saturated heterocycles. The molecular weight excluding hydrogens is 164 g/mol. The van der Waals surface area contributed by atoms with Gasteiger partial charge in [-0.05, 0) is 18.8 Å². The van der Waals surface area contributed by atoms with E-state index >= 15 is 0 Å². The molecule has 1 fully saturated rings. The molecule has 3 heteroatoms. The predicted molar refractivity (Wildman–Crippen MR) is 49.7 cm³/mol. The van der Waals surface area contributed by atoms with Crippen LogP contribution in [0.25, 0.3) is 0 Å². The van der Waals surface area contributed by atoms with E-state index in [9.17, 15) is 4.79 Å².